The van der Waals surface area contributed by atoms with Crippen molar-refractivity contribution in [1.82, 2.24) is 9.13 Å². The minimum absolute atomic E-state index is 0.0763. The van der Waals surface area contributed by atoms with Crippen LogP contribution in [0.15, 0.2) is 39.9 Å². The highest BCUT2D eigenvalue weighted by atomic mass is 19.1. The van der Waals surface area contributed by atoms with Crippen LogP contribution in [0, 0.1) is 5.82 Å². The number of aromatic nitrogens is 2. The molecule has 104 valence electrons. The van der Waals surface area contributed by atoms with Crippen LogP contribution >= 0.6 is 0 Å². The fourth-order valence-corrected chi connectivity index (χ4v) is 1.64. The van der Waals surface area contributed by atoms with E-state index in [1.54, 1.807) is 0 Å². The van der Waals surface area contributed by atoms with E-state index in [9.17, 15) is 18.8 Å². The van der Waals surface area contributed by atoms with Crippen LogP contribution in [0.1, 0.15) is 10.4 Å². The summed E-state index contributed by atoms with van der Waals surface area (Å²) in [4.78, 5) is 35.1. The molecule has 20 heavy (non-hydrogen) atoms. The second-order valence-corrected chi connectivity index (χ2v) is 4.23. The topological polar surface area (TPSA) is 73.1 Å². The Morgan fingerprint density at radius 1 is 1.10 bits per heavy atom. The highest BCUT2D eigenvalue weighted by Gasteiger charge is 2.11. The smallest absolute Gasteiger partial charge is 0.308 e. The van der Waals surface area contributed by atoms with E-state index in [2.05, 4.69) is 5.32 Å². The summed E-state index contributed by atoms with van der Waals surface area (Å²) in [6.45, 7) is 0. The molecule has 2 aromatic rings. The number of carbonyl (C=O) groups excluding carboxylic acids is 1. The number of amides is 1. The van der Waals surface area contributed by atoms with Gasteiger partial charge in [0.1, 0.15) is 11.6 Å². The van der Waals surface area contributed by atoms with Crippen molar-refractivity contribution in [3.05, 3.63) is 62.6 Å². The van der Waals surface area contributed by atoms with E-state index in [4.69, 9.17) is 0 Å². The van der Waals surface area contributed by atoms with Crippen LogP contribution in [0.4, 0.5) is 10.2 Å². The average molecular weight is 277 g/mol. The first-order valence-electron chi connectivity index (χ1n) is 5.74. The predicted molar refractivity (Wildman–Crippen MR) is 71.3 cm³/mol. The first kappa shape index (κ1) is 13.7. The molecule has 1 aromatic heterocycles. The Kier molecular flexibility index (Phi) is 3.51. The van der Waals surface area contributed by atoms with Gasteiger partial charge in [-0.2, -0.15) is 0 Å². The lowest BCUT2D eigenvalue weighted by Crippen LogP contribution is -2.38. The quantitative estimate of drug-likeness (QED) is 0.867. The first-order chi connectivity index (χ1) is 9.40. The third kappa shape index (κ3) is 2.51. The molecule has 0 atom stereocenters. The molecule has 0 bridgehead atoms. The summed E-state index contributed by atoms with van der Waals surface area (Å²) in [6, 6.07) is 6.06. The van der Waals surface area contributed by atoms with Crippen LogP contribution in [-0.2, 0) is 14.1 Å². The fraction of sp³-hybridized carbons (Fsp3) is 0.154. The van der Waals surface area contributed by atoms with Crippen molar-refractivity contribution < 1.29 is 9.18 Å². The van der Waals surface area contributed by atoms with Crippen LogP contribution < -0.4 is 16.6 Å². The summed E-state index contributed by atoms with van der Waals surface area (Å²) in [5.74, 6) is -0.914. The Morgan fingerprint density at radius 3 is 2.30 bits per heavy atom. The van der Waals surface area contributed by atoms with Crippen molar-refractivity contribution in [2.45, 2.75) is 0 Å². The maximum atomic E-state index is 12.8. The van der Waals surface area contributed by atoms with Crippen LogP contribution in [0.25, 0.3) is 0 Å². The van der Waals surface area contributed by atoms with Crippen molar-refractivity contribution >= 4 is 11.7 Å². The summed E-state index contributed by atoms with van der Waals surface area (Å²) in [5.41, 5.74) is -0.853. The van der Waals surface area contributed by atoms with Gasteiger partial charge in [-0.3, -0.25) is 18.7 Å². The molecule has 0 aliphatic carbocycles. The summed E-state index contributed by atoms with van der Waals surface area (Å²) in [7, 11) is 2.78. The standard InChI is InChI=1S/C13H12FN3O3/c1-16-10(7-11(18)17(2)13(16)20)15-12(19)8-3-5-9(14)6-4-8/h3-7H,1-2H3,(H,15,19). The molecule has 7 heteroatoms. The van der Waals surface area contributed by atoms with E-state index >= 15 is 0 Å². The minimum Gasteiger partial charge on any atom is -0.308 e. The van der Waals surface area contributed by atoms with Gasteiger partial charge < -0.3 is 5.32 Å². The van der Waals surface area contributed by atoms with Crippen LogP contribution in [0.2, 0.25) is 0 Å². The third-order valence-corrected chi connectivity index (χ3v) is 2.87. The van der Waals surface area contributed by atoms with Crippen LogP contribution in [0.5, 0.6) is 0 Å². The van der Waals surface area contributed by atoms with E-state index in [-0.39, 0.29) is 11.4 Å². The molecule has 1 aromatic carbocycles. The Hall–Kier alpha value is -2.70. The first-order valence-corrected chi connectivity index (χ1v) is 5.74. The number of nitrogens with zero attached hydrogens (tertiary/aromatic N) is 2. The molecule has 0 spiro atoms. The van der Waals surface area contributed by atoms with Gasteiger partial charge in [0.05, 0.1) is 0 Å². The largest absolute Gasteiger partial charge is 0.332 e. The normalized spacial score (nSPS) is 10.3. The van der Waals surface area contributed by atoms with Crippen molar-refractivity contribution in [1.29, 1.82) is 0 Å². The van der Waals surface area contributed by atoms with E-state index in [1.807, 2.05) is 0 Å². The van der Waals surface area contributed by atoms with Gasteiger partial charge in [0.25, 0.3) is 11.5 Å². The van der Waals surface area contributed by atoms with Crippen molar-refractivity contribution in [2.24, 2.45) is 14.1 Å². The Labute approximate surface area is 113 Å². The molecule has 0 saturated heterocycles. The maximum Gasteiger partial charge on any atom is 0.332 e. The molecular formula is C13H12FN3O3. The predicted octanol–water partition coefficient (Wildman–Crippen LogP) is 0.475. The van der Waals surface area contributed by atoms with E-state index < -0.39 is 23.0 Å². The minimum atomic E-state index is -0.549. The van der Waals surface area contributed by atoms with Crippen molar-refractivity contribution in [3.8, 4) is 0 Å². The lowest BCUT2D eigenvalue weighted by molar-refractivity contribution is 0.102. The molecule has 0 fully saturated rings. The van der Waals surface area contributed by atoms with Gasteiger partial charge in [0.2, 0.25) is 0 Å². The Balaban J connectivity index is 2.36. The summed E-state index contributed by atoms with van der Waals surface area (Å²) >= 11 is 0. The summed E-state index contributed by atoms with van der Waals surface area (Å²) in [5, 5.41) is 2.44. The SMILES string of the molecule is Cn1c(NC(=O)c2ccc(F)cc2)cc(=O)n(C)c1=O. The van der Waals surface area contributed by atoms with Gasteiger partial charge in [0, 0.05) is 25.7 Å². The molecule has 0 radical (unpaired) electrons. The maximum absolute atomic E-state index is 12.8. The zero-order chi connectivity index (χ0) is 14.9. The Bertz CT molecular complexity index is 775. The zero-order valence-electron chi connectivity index (χ0n) is 10.9. The highest BCUT2D eigenvalue weighted by Crippen LogP contribution is 2.06. The van der Waals surface area contributed by atoms with Crippen molar-refractivity contribution in [3.63, 3.8) is 0 Å². The molecule has 1 amide bonds. The second kappa shape index (κ2) is 5.12. The molecule has 1 N–H and O–H groups in total. The van der Waals surface area contributed by atoms with Crippen molar-refractivity contribution in [2.75, 3.05) is 5.32 Å². The average Bonchev–Trinajstić information content (AvgIpc) is 2.43. The molecule has 2 rings (SSSR count). The molecule has 1 heterocycles. The molecular weight excluding hydrogens is 265 g/mol. The number of hydrogen-bond donors (Lipinski definition) is 1. The lowest BCUT2D eigenvalue weighted by Gasteiger charge is -2.10. The lowest BCUT2D eigenvalue weighted by atomic mass is 10.2. The number of hydrogen-bond acceptors (Lipinski definition) is 3. The molecule has 0 aliphatic rings. The van der Waals surface area contributed by atoms with Gasteiger partial charge in [0.15, 0.2) is 0 Å². The number of halogens is 1. The molecule has 6 nitrogen and oxygen atoms in total. The van der Waals surface area contributed by atoms with E-state index in [0.717, 1.165) is 27.3 Å². The van der Waals surface area contributed by atoms with Gasteiger partial charge in [-0.05, 0) is 24.3 Å². The number of benzene rings is 1. The zero-order valence-corrected chi connectivity index (χ0v) is 10.9. The second-order valence-electron chi connectivity index (χ2n) is 4.23. The molecule has 0 saturated carbocycles. The third-order valence-electron chi connectivity index (χ3n) is 2.87. The number of rotatable bonds is 2. The fourth-order valence-electron chi connectivity index (χ4n) is 1.64. The molecule has 0 aliphatic heterocycles. The number of anilines is 1. The highest BCUT2D eigenvalue weighted by molar-refractivity contribution is 6.03. The van der Waals surface area contributed by atoms with Gasteiger partial charge in [-0.25, -0.2) is 9.18 Å². The van der Waals surface area contributed by atoms with Crippen LogP contribution in [0.3, 0.4) is 0 Å². The van der Waals surface area contributed by atoms with Crippen LogP contribution in [-0.4, -0.2) is 15.0 Å². The van der Waals surface area contributed by atoms with Gasteiger partial charge in [-0.1, -0.05) is 0 Å². The number of nitrogens with one attached hydrogen (secondary N) is 1. The monoisotopic (exact) mass is 277 g/mol. The number of carbonyl (C=O) groups is 1. The van der Waals surface area contributed by atoms with E-state index in [0.29, 0.717) is 0 Å². The summed E-state index contributed by atoms with van der Waals surface area (Å²) in [6.07, 6.45) is 0. The van der Waals surface area contributed by atoms with Gasteiger partial charge >= 0.3 is 5.69 Å². The van der Waals surface area contributed by atoms with Gasteiger partial charge in [-0.15, -0.1) is 0 Å². The van der Waals surface area contributed by atoms with E-state index in [1.165, 1.54) is 26.2 Å². The summed E-state index contributed by atoms with van der Waals surface area (Å²) < 4.78 is 14.8. The Morgan fingerprint density at radius 2 is 1.70 bits per heavy atom. The molecule has 0 unspecified atom stereocenters.